The monoisotopic (exact) mass is 524 g/mol. The number of hydrogen-bond acceptors (Lipinski definition) is 6. The van der Waals surface area contributed by atoms with Gasteiger partial charge >= 0.3 is 0 Å². The lowest BCUT2D eigenvalue weighted by molar-refractivity contribution is -0.121. The third-order valence-electron chi connectivity index (χ3n) is 4.90. The number of aromatic nitrogens is 2. The van der Waals surface area contributed by atoms with E-state index in [1.807, 2.05) is 62.4 Å². The first-order chi connectivity index (χ1) is 16.0. The Labute approximate surface area is 202 Å². The Hall–Kier alpha value is -3.30. The smallest absolute Gasteiger partial charge is 0.263 e. The van der Waals surface area contributed by atoms with Gasteiger partial charge < -0.3 is 4.74 Å². The number of nitrogens with one attached hydrogen (secondary N) is 1. The van der Waals surface area contributed by atoms with Crippen molar-refractivity contribution in [2.24, 2.45) is 5.10 Å². The zero-order valence-corrected chi connectivity index (χ0v) is 20.4. The maximum atomic E-state index is 13.2. The van der Waals surface area contributed by atoms with Crippen LogP contribution >= 0.6 is 27.3 Å². The van der Waals surface area contributed by atoms with Crippen LogP contribution in [-0.2, 0) is 11.3 Å². The first-order valence-corrected chi connectivity index (χ1v) is 11.9. The van der Waals surface area contributed by atoms with Crippen molar-refractivity contribution in [3.05, 3.63) is 80.1 Å². The maximum absolute atomic E-state index is 13.2. The molecule has 0 radical (unpaired) electrons. The third-order valence-corrected chi connectivity index (χ3v) is 6.40. The first kappa shape index (κ1) is 22.9. The van der Waals surface area contributed by atoms with Gasteiger partial charge in [0.25, 0.3) is 11.5 Å². The molecule has 0 aliphatic carbocycles. The van der Waals surface area contributed by atoms with Gasteiger partial charge in [-0.1, -0.05) is 46.3 Å². The van der Waals surface area contributed by atoms with Gasteiger partial charge in [0.15, 0.2) is 0 Å². The number of carbonyl (C=O) groups is 1. The quantitative estimate of drug-likeness (QED) is 0.279. The fourth-order valence-corrected chi connectivity index (χ4v) is 4.86. The molecule has 2 aromatic carbocycles. The normalized spacial score (nSPS) is 11.2. The Morgan fingerprint density at radius 1 is 1.27 bits per heavy atom. The van der Waals surface area contributed by atoms with Gasteiger partial charge in [-0.15, -0.1) is 11.3 Å². The van der Waals surface area contributed by atoms with Crippen LogP contribution in [0.3, 0.4) is 0 Å². The van der Waals surface area contributed by atoms with Crippen LogP contribution in [0.2, 0.25) is 0 Å². The summed E-state index contributed by atoms with van der Waals surface area (Å²) < 4.78 is 7.74. The number of fused-ring (bicyclic) bond motifs is 1. The molecule has 1 amide bonds. The number of aryl methyl sites for hydroxylation is 1. The minimum atomic E-state index is -0.435. The van der Waals surface area contributed by atoms with Crippen LogP contribution in [0.15, 0.2) is 69.2 Å². The van der Waals surface area contributed by atoms with E-state index in [0.29, 0.717) is 28.1 Å². The van der Waals surface area contributed by atoms with Crippen LogP contribution in [0.25, 0.3) is 21.3 Å². The number of amides is 1. The van der Waals surface area contributed by atoms with Crippen molar-refractivity contribution in [1.82, 2.24) is 15.0 Å². The van der Waals surface area contributed by atoms with Gasteiger partial charge in [-0.25, -0.2) is 10.4 Å². The van der Waals surface area contributed by atoms with Gasteiger partial charge in [0.2, 0.25) is 0 Å². The summed E-state index contributed by atoms with van der Waals surface area (Å²) in [6.45, 7) is 4.18. The molecule has 9 heteroatoms. The van der Waals surface area contributed by atoms with Gasteiger partial charge in [-0.2, -0.15) is 5.10 Å². The zero-order valence-electron chi connectivity index (χ0n) is 18.0. The zero-order chi connectivity index (χ0) is 23.4. The second-order valence-corrected chi connectivity index (χ2v) is 9.28. The van der Waals surface area contributed by atoms with Crippen LogP contribution in [-0.4, -0.2) is 28.3 Å². The summed E-state index contributed by atoms with van der Waals surface area (Å²) in [5.74, 6) is 0.224. The molecule has 0 atom stereocenters. The standard InChI is InChI=1S/C24H21BrN4O3S/c1-3-32-19-10-9-18(25)11-17(19)12-27-28-20(30)13-29-14-26-23-22(24(29)31)21(15(2)33-23)16-7-5-4-6-8-16/h4-12,14H,3,13H2,1-2H3,(H,28,30)/b27-12+. The van der Waals surface area contributed by atoms with E-state index < -0.39 is 5.91 Å². The molecule has 0 bridgehead atoms. The summed E-state index contributed by atoms with van der Waals surface area (Å²) in [6.07, 6.45) is 2.91. The summed E-state index contributed by atoms with van der Waals surface area (Å²) in [4.78, 5) is 31.8. The van der Waals surface area contributed by atoms with Gasteiger partial charge in [-0.3, -0.25) is 14.2 Å². The Bertz CT molecular complexity index is 1400. The van der Waals surface area contributed by atoms with Crippen LogP contribution in [0.4, 0.5) is 0 Å². The van der Waals surface area contributed by atoms with Crippen LogP contribution in [0.1, 0.15) is 17.4 Å². The number of thiophene rings is 1. The molecule has 4 rings (SSSR count). The number of ether oxygens (including phenoxy) is 1. The predicted molar refractivity (Wildman–Crippen MR) is 135 cm³/mol. The molecule has 0 saturated carbocycles. The van der Waals surface area contributed by atoms with Gasteiger partial charge in [0, 0.05) is 20.5 Å². The highest BCUT2D eigenvalue weighted by atomic mass is 79.9. The van der Waals surface area contributed by atoms with E-state index in [2.05, 4.69) is 31.4 Å². The highest BCUT2D eigenvalue weighted by Gasteiger charge is 2.17. The lowest BCUT2D eigenvalue weighted by atomic mass is 10.0. The van der Waals surface area contributed by atoms with E-state index in [9.17, 15) is 9.59 Å². The number of rotatable bonds is 7. The highest BCUT2D eigenvalue weighted by Crippen LogP contribution is 2.35. The van der Waals surface area contributed by atoms with E-state index in [1.54, 1.807) is 0 Å². The minimum absolute atomic E-state index is 0.195. The number of benzene rings is 2. The molecule has 0 saturated heterocycles. The molecule has 0 aliphatic heterocycles. The Balaban J connectivity index is 1.56. The number of hydrogen-bond donors (Lipinski definition) is 1. The molecule has 0 unspecified atom stereocenters. The fraction of sp³-hybridized carbons (Fsp3) is 0.167. The van der Waals surface area contributed by atoms with Crippen molar-refractivity contribution in [3.8, 4) is 16.9 Å². The molecular weight excluding hydrogens is 504 g/mol. The molecule has 1 N–H and O–H groups in total. The molecule has 7 nitrogen and oxygen atoms in total. The summed E-state index contributed by atoms with van der Waals surface area (Å²) in [5.41, 5.74) is 4.74. The number of halogens is 1. The van der Waals surface area contributed by atoms with E-state index in [-0.39, 0.29) is 12.1 Å². The Kier molecular flexibility index (Phi) is 7.00. The molecule has 168 valence electrons. The lowest BCUT2D eigenvalue weighted by Gasteiger charge is -2.07. The molecular formula is C24H21BrN4O3S. The SMILES string of the molecule is CCOc1ccc(Br)cc1/C=N/NC(=O)Cn1cnc2sc(C)c(-c3ccccc3)c2c1=O. The van der Waals surface area contributed by atoms with E-state index >= 15 is 0 Å². The van der Waals surface area contributed by atoms with Crippen LogP contribution < -0.4 is 15.7 Å². The topological polar surface area (TPSA) is 85.6 Å². The molecule has 0 fully saturated rings. The average molecular weight is 525 g/mol. The third kappa shape index (κ3) is 5.04. The molecule has 0 spiro atoms. The van der Waals surface area contributed by atoms with Crippen molar-refractivity contribution in [1.29, 1.82) is 0 Å². The highest BCUT2D eigenvalue weighted by molar-refractivity contribution is 9.10. The van der Waals surface area contributed by atoms with Crippen molar-refractivity contribution in [2.75, 3.05) is 6.61 Å². The van der Waals surface area contributed by atoms with Crippen LogP contribution in [0, 0.1) is 6.92 Å². The Morgan fingerprint density at radius 3 is 2.82 bits per heavy atom. The molecule has 33 heavy (non-hydrogen) atoms. The summed E-state index contributed by atoms with van der Waals surface area (Å²) in [7, 11) is 0. The first-order valence-electron chi connectivity index (χ1n) is 10.3. The molecule has 4 aromatic rings. The molecule has 2 aromatic heterocycles. The van der Waals surface area contributed by atoms with Crippen molar-refractivity contribution in [3.63, 3.8) is 0 Å². The second kappa shape index (κ2) is 10.1. The van der Waals surface area contributed by atoms with E-state index in [1.165, 1.54) is 28.4 Å². The van der Waals surface area contributed by atoms with Crippen molar-refractivity contribution < 1.29 is 9.53 Å². The average Bonchev–Trinajstić information content (AvgIpc) is 3.15. The van der Waals surface area contributed by atoms with Crippen molar-refractivity contribution in [2.45, 2.75) is 20.4 Å². The van der Waals surface area contributed by atoms with Crippen molar-refractivity contribution >= 4 is 49.6 Å². The summed E-state index contributed by atoms with van der Waals surface area (Å²) in [5, 5.41) is 4.55. The fourth-order valence-electron chi connectivity index (χ4n) is 3.47. The van der Waals surface area contributed by atoms with Crippen LogP contribution in [0.5, 0.6) is 5.75 Å². The van der Waals surface area contributed by atoms with E-state index in [0.717, 1.165) is 20.5 Å². The number of nitrogens with zero attached hydrogens (tertiary/aromatic N) is 3. The second-order valence-electron chi connectivity index (χ2n) is 7.17. The number of carbonyl (C=O) groups excluding carboxylic acids is 1. The lowest BCUT2D eigenvalue weighted by Crippen LogP contribution is -2.30. The minimum Gasteiger partial charge on any atom is -0.493 e. The van der Waals surface area contributed by atoms with Gasteiger partial charge in [0.1, 0.15) is 17.1 Å². The van der Waals surface area contributed by atoms with E-state index in [4.69, 9.17) is 4.74 Å². The summed E-state index contributed by atoms with van der Waals surface area (Å²) >= 11 is 4.88. The van der Waals surface area contributed by atoms with Gasteiger partial charge in [-0.05, 0) is 37.6 Å². The Morgan fingerprint density at radius 2 is 2.06 bits per heavy atom. The maximum Gasteiger partial charge on any atom is 0.263 e. The largest absolute Gasteiger partial charge is 0.493 e. The number of hydrazone groups is 1. The predicted octanol–water partition coefficient (Wildman–Crippen LogP) is 4.74. The van der Waals surface area contributed by atoms with Gasteiger partial charge in [0.05, 0.1) is 24.5 Å². The summed E-state index contributed by atoms with van der Waals surface area (Å²) in [6, 6.07) is 15.3. The molecule has 2 heterocycles. The molecule has 0 aliphatic rings.